The molecule has 5 nitrogen and oxygen atoms in total. The van der Waals surface area contributed by atoms with Gasteiger partial charge in [0.1, 0.15) is 5.76 Å². The van der Waals surface area contributed by atoms with Crippen molar-refractivity contribution in [3.8, 4) is 0 Å². The van der Waals surface area contributed by atoms with Crippen LogP contribution in [0.4, 0.5) is 0 Å². The molecule has 0 spiro atoms. The maximum atomic E-state index is 5.55. The molecule has 1 heterocycles. The zero-order chi connectivity index (χ0) is 14.1. The summed E-state index contributed by atoms with van der Waals surface area (Å²) in [6.07, 6.45) is 8.64. The van der Waals surface area contributed by atoms with Crippen LogP contribution in [0.25, 0.3) is 5.57 Å². The normalized spacial score (nSPS) is 13.3. The Morgan fingerprint density at radius 1 is 1.42 bits per heavy atom. The van der Waals surface area contributed by atoms with Crippen LogP contribution in [0.5, 0.6) is 0 Å². The topological polar surface area (TPSA) is 74.2 Å². The van der Waals surface area contributed by atoms with Crippen LogP contribution >= 0.6 is 0 Å². The highest BCUT2D eigenvalue weighted by Crippen LogP contribution is 2.16. The van der Waals surface area contributed by atoms with Crippen molar-refractivity contribution in [1.29, 1.82) is 0 Å². The van der Waals surface area contributed by atoms with Crippen molar-refractivity contribution >= 4 is 5.57 Å². The summed E-state index contributed by atoms with van der Waals surface area (Å²) >= 11 is 0. The van der Waals surface area contributed by atoms with E-state index in [0.29, 0.717) is 18.3 Å². The molecule has 0 unspecified atom stereocenters. The minimum absolute atomic E-state index is 0.235. The first kappa shape index (κ1) is 15.2. The molecule has 104 valence electrons. The minimum Gasteiger partial charge on any atom is -0.494 e. The van der Waals surface area contributed by atoms with Gasteiger partial charge in [0, 0.05) is 5.57 Å². The van der Waals surface area contributed by atoms with Gasteiger partial charge in [0.2, 0.25) is 11.7 Å². The summed E-state index contributed by atoms with van der Waals surface area (Å²) in [5.41, 5.74) is 6.30. The standard InChI is InChI=1S/C14H21N3O2/c1-4-7-11(9-12(8-5-2)18-6-3)14-16-13(10-15)19-17-14/h4,7-9H,5-6,10,15H2,1-3H3/b7-4-,11-9+,12-8-. The lowest BCUT2D eigenvalue weighted by Crippen LogP contribution is -1.96. The van der Waals surface area contributed by atoms with Gasteiger partial charge in [0.15, 0.2) is 0 Å². The molecule has 1 rings (SSSR count). The molecule has 5 heteroatoms. The van der Waals surface area contributed by atoms with Crippen LogP contribution in [0.2, 0.25) is 0 Å². The van der Waals surface area contributed by atoms with Crippen LogP contribution in [-0.4, -0.2) is 16.7 Å². The van der Waals surface area contributed by atoms with Gasteiger partial charge in [-0.05, 0) is 32.4 Å². The Kier molecular flexibility index (Phi) is 6.60. The van der Waals surface area contributed by atoms with E-state index in [1.165, 1.54) is 0 Å². The van der Waals surface area contributed by atoms with Crippen molar-refractivity contribution < 1.29 is 9.26 Å². The lowest BCUT2D eigenvalue weighted by atomic mass is 10.2. The molecule has 0 aliphatic rings. The van der Waals surface area contributed by atoms with Crippen molar-refractivity contribution in [3.63, 3.8) is 0 Å². The van der Waals surface area contributed by atoms with Gasteiger partial charge in [-0.2, -0.15) is 4.98 Å². The minimum atomic E-state index is 0.235. The number of ether oxygens (including phenoxy) is 1. The molecule has 19 heavy (non-hydrogen) atoms. The molecule has 2 N–H and O–H groups in total. The molecule has 0 aliphatic carbocycles. The van der Waals surface area contributed by atoms with E-state index in [-0.39, 0.29) is 6.54 Å². The number of nitrogens with zero attached hydrogens (tertiary/aromatic N) is 2. The summed E-state index contributed by atoms with van der Waals surface area (Å²) in [5, 5.41) is 3.91. The average molecular weight is 263 g/mol. The molecule has 0 aromatic carbocycles. The zero-order valence-corrected chi connectivity index (χ0v) is 11.7. The molecule has 1 aromatic rings. The highest BCUT2D eigenvalue weighted by Gasteiger charge is 2.08. The Hall–Kier alpha value is -1.88. The summed E-state index contributed by atoms with van der Waals surface area (Å²) in [5.74, 6) is 1.74. The Morgan fingerprint density at radius 2 is 2.21 bits per heavy atom. The Bertz CT molecular complexity index is 473. The summed E-state index contributed by atoms with van der Waals surface area (Å²) in [4.78, 5) is 4.22. The van der Waals surface area contributed by atoms with Crippen molar-refractivity contribution in [3.05, 3.63) is 41.8 Å². The average Bonchev–Trinajstić information content (AvgIpc) is 2.87. The van der Waals surface area contributed by atoms with E-state index in [2.05, 4.69) is 17.1 Å². The van der Waals surface area contributed by atoms with Crippen molar-refractivity contribution in [2.24, 2.45) is 5.73 Å². The second-order valence-corrected chi connectivity index (χ2v) is 3.76. The summed E-state index contributed by atoms with van der Waals surface area (Å²) < 4.78 is 10.6. The first-order chi connectivity index (χ1) is 9.24. The monoisotopic (exact) mass is 263 g/mol. The molecule has 0 aliphatic heterocycles. The van der Waals surface area contributed by atoms with Crippen molar-refractivity contribution in [1.82, 2.24) is 10.1 Å². The second kappa shape index (κ2) is 8.26. The van der Waals surface area contributed by atoms with Gasteiger partial charge in [-0.15, -0.1) is 0 Å². The van der Waals surface area contributed by atoms with Crippen LogP contribution < -0.4 is 5.73 Å². The lowest BCUT2D eigenvalue weighted by molar-refractivity contribution is 0.241. The molecule has 0 fully saturated rings. The van der Waals surface area contributed by atoms with Gasteiger partial charge in [0.25, 0.3) is 0 Å². The number of nitrogens with two attached hydrogens (primary N) is 1. The molecule has 0 radical (unpaired) electrons. The Balaban J connectivity index is 3.07. The van der Waals surface area contributed by atoms with Gasteiger partial charge >= 0.3 is 0 Å². The fourth-order valence-corrected chi connectivity index (χ4v) is 1.50. The highest BCUT2D eigenvalue weighted by atomic mass is 16.5. The predicted octanol–water partition coefficient (Wildman–Crippen LogP) is 2.82. The molecule has 0 atom stereocenters. The van der Waals surface area contributed by atoms with E-state index in [9.17, 15) is 0 Å². The van der Waals surface area contributed by atoms with Crippen molar-refractivity contribution in [2.75, 3.05) is 6.61 Å². The van der Waals surface area contributed by atoms with Crippen molar-refractivity contribution in [2.45, 2.75) is 33.7 Å². The maximum absolute atomic E-state index is 5.55. The summed E-state index contributed by atoms with van der Waals surface area (Å²) in [7, 11) is 0. The number of hydrogen-bond donors (Lipinski definition) is 1. The number of allylic oxidation sites excluding steroid dienone is 5. The van der Waals surface area contributed by atoms with E-state index in [1.54, 1.807) is 0 Å². The van der Waals surface area contributed by atoms with Gasteiger partial charge in [-0.1, -0.05) is 24.2 Å². The highest BCUT2D eigenvalue weighted by molar-refractivity contribution is 5.71. The largest absolute Gasteiger partial charge is 0.494 e. The predicted molar refractivity (Wildman–Crippen MR) is 75.0 cm³/mol. The summed E-state index contributed by atoms with van der Waals surface area (Å²) in [6.45, 7) is 6.79. The quantitative estimate of drug-likeness (QED) is 0.605. The van der Waals surface area contributed by atoms with Gasteiger partial charge in [-0.3, -0.25) is 0 Å². The molecule has 0 saturated carbocycles. The van der Waals surface area contributed by atoms with E-state index in [0.717, 1.165) is 17.8 Å². The Morgan fingerprint density at radius 3 is 2.74 bits per heavy atom. The molecule has 0 saturated heterocycles. The lowest BCUT2D eigenvalue weighted by Gasteiger charge is -2.04. The first-order valence-electron chi connectivity index (χ1n) is 6.45. The fourth-order valence-electron chi connectivity index (χ4n) is 1.50. The Labute approximate surface area is 113 Å². The number of rotatable bonds is 7. The van der Waals surface area contributed by atoms with E-state index >= 15 is 0 Å². The molecule has 1 aromatic heterocycles. The zero-order valence-electron chi connectivity index (χ0n) is 11.7. The van der Waals surface area contributed by atoms with Crippen LogP contribution in [0, 0.1) is 0 Å². The van der Waals surface area contributed by atoms with E-state index in [1.807, 2.05) is 38.2 Å². The van der Waals surface area contributed by atoms with Crippen LogP contribution in [0.3, 0.4) is 0 Å². The second-order valence-electron chi connectivity index (χ2n) is 3.76. The van der Waals surface area contributed by atoms with Gasteiger partial charge < -0.3 is 15.0 Å². The van der Waals surface area contributed by atoms with E-state index < -0.39 is 0 Å². The molecule has 0 amide bonds. The molecule has 0 bridgehead atoms. The van der Waals surface area contributed by atoms with Crippen LogP contribution in [0.1, 0.15) is 38.9 Å². The number of hydrogen-bond acceptors (Lipinski definition) is 5. The fraction of sp³-hybridized carbons (Fsp3) is 0.429. The third kappa shape index (κ3) is 4.71. The third-order valence-electron chi connectivity index (χ3n) is 2.26. The third-order valence-corrected chi connectivity index (χ3v) is 2.26. The van der Waals surface area contributed by atoms with Crippen LogP contribution in [0.15, 0.2) is 34.6 Å². The molecular weight excluding hydrogens is 242 g/mol. The van der Waals surface area contributed by atoms with E-state index in [4.69, 9.17) is 15.0 Å². The van der Waals surface area contributed by atoms with Gasteiger partial charge in [0.05, 0.1) is 13.2 Å². The first-order valence-corrected chi connectivity index (χ1v) is 6.45. The van der Waals surface area contributed by atoms with Gasteiger partial charge in [-0.25, -0.2) is 0 Å². The maximum Gasteiger partial charge on any atom is 0.240 e. The summed E-state index contributed by atoms with van der Waals surface area (Å²) in [6, 6.07) is 0. The molecular formula is C14H21N3O2. The smallest absolute Gasteiger partial charge is 0.240 e. The SMILES string of the molecule is C\C=C/C(=C\C(=C\CC)OCC)c1noc(CN)n1. The number of aromatic nitrogens is 2. The van der Waals surface area contributed by atoms with Crippen LogP contribution in [-0.2, 0) is 11.3 Å².